The van der Waals surface area contributed by atoms with Gasteiger partial charge in [-0.15, -0.1) is 11.3 Å². The van der Waals surface area contributed by atoms with Crippen LogP contribution in [-0.2, 0) is 6.54 Å². The van der Waals surface area contributed by atoms with E-state index in [2.05, 4.69) is 36.5 Å². The third kappa shape index (κ3) is 3.97. The molecule has 1 atom stereocenters. The molecule has 1 unspecified atom stereocenters. The van der Waals surface area contributed by atoms with Gasteiger partial charge in [0.2, 0.25) is 0 Å². The Bertz CT molecular complexity index is 654. The van der Waals surface area contributed by atoms with Crippen LogP contribution in [0.3, 0.4) is 0 Å². The molecule has 6 heteroatoms. The summed E-state index contributed by atoms with van der Waals surface area (Å²) < 4.78 is 0. The lowest BCUT2D eigenvalue weighted by atomic mass is 10.1. The second-order valence-corrected chi connectivity index (χ2v) is 6.57. The van der Waals surface area contributed by atoms with E-state index in [9.17, 15) is 0 Å². The molecule has 4 nitrogen and oxygen atoms in total. The number of benzene rings is 1. The van der Waals surface area contributed by atoms with Gasteiger partial charge in [-0.05, 0) is 37.6 Å². The van der Waals surface area contributed by atoms with E-state index in [1.807, 2.05) is 6.07 Å². The molecule has 0 saturated heterocycles. The molecule has 21 heavy (non-hydrogen) atoms. The fourth-order valence-corrected chi connectivity index (χ4v) is 3.11. The van der Waals surface area contributed by atoms with Crippen molar-refractivity contribution in [3.8, 4) is 0 Å². The largest absolute Gasteiger partial charge is 0.409 e. The summed E-state index contributed by atoms with van der Waals surface area (Å²) in [5.41, 5.74) is 7.12. The number of halogens is 1. The van der Waals surface area contributed by atoms with Crippen LogP contribution in [0.2, 0.25) is 5.02 Å². The molecule has 4 N–H and O–H groups in total. The molecule has 0 radical (unpaired) electrons. The Hall–Kier alpha value is -1.56. The van der Waals surface area contributed by atoms with Crippen molar-refractivity contribution in [2.45, 2.75) is 26.4 Å². The van der Waals surface area contributed by atoms with Crippen molar-refractivity contribution in [1.29, 1.82) is 0 Å². The first-order chi connectivity index (χ1) is 10.0. The zero-order valence-corrected chi connectivity index (χ0v) is 13.5. The van der Waals surface area contributed by atoms with E-state index in [4.69, 9.17) is 22.5 Å². The number of aryl methyl sites for hydroxylation is 1. The number of thiophene rings is 1. The van der Waals surface area contributed by atoms with Gasteiger partial charge in [0.25, 0.3) is 0 Å². The number of amidine groups is 1. The second kappa shape index (κ2) is 6.93. The van der Waals surface area contributed by atoms with Gasteiger partial charge < -0.3 is 16.3 Å². The summed E-state index contributed by atoms with van der Waals surface area (Å²) in [6, 6.07) is 9.90. The van der Waals surface area contributed by atoms with E-state index in [1.54, 1.807) is 23.5 Å². The van der Waals surface area contributed by atoms with Crippen LogP contribution in [-0.4, -0.2) is 11.0 Å². The number of nitrogens with two attached hydrogens (primary N) is 1. The Balaban J connectivity index is 2.03. The first-order valence-corrected chi connectivity index (χ1v) is 7.76. The van der Waals surface area contributed by atoms with Gasteiger partial charge in [0.05, 0.1) is 0 Å². The van der Waals surface area contributed by atoms with Crippen LogP contribution in [0, 0.1) is 6.92 Å². The normalized spacial score (nSPS) is 13.4. The van der Waals surface area contributed by atoms with E-state index in [1.165, 1.54) is 9.75 Å². The lowest BCUT2D eigenvalue weighted by Crippen LogP contribution is -2.18. The number of hydrogen-bond acceptors (Lipinski definition) is 4. The zero-order valence-electron chi connectivity index (χ0n) is 11.9. The molecule has 1 heterocycles. The van der Waals surface area contributed by atoms with Gasteiger partial charge in [0, 0.05) is 32.9 Å². The van der Waals surface area contributed by atoms with Crippen molar-refractivity contribution in [2.24, 2.45) is 10.9 Å². The molecule has 1 aromatic heterocycles. The minimum absolute atomic E-state index is 0.0545. The summed E-state index contributed by atoms with van der Waals surface area (Å²) in [4.78, 5) is 2.61. The quantitative estimate of drug-likeness (QED) is 0.340. The van der Waals surface area contributed by atoms with Gasteiger partial charge >= 0.3 is 0 Å². The van der Waals surface area contributed by atoms with Crippen molar-refractivity contribution in [1.82, 2.24) is 5.32 Å². The van der Waals surface area contributed by atoms with Crippen LogP contribution in [0.5, 0.6) is 0 Å². The standard InChI is InChI=1S/C15H18ClN3OS/c1-9-3-6-14(21-9)10(2)18-8-12-5-4-11(7-13(12)16)15(17)19-20/h3-7,10,18,20H,8H2,1-2H3,(H2,17,19). The molecule has 0 aliphatic rings. The Morgan fingerprint density at radius 1 is 1.43 bits per heavy atom. The number of rotatable bonds is 5. The van der Waals surface area contributed by atoms with E-state index in [0.717, 1.165) is 5.56 Å². The van der Waals surface area contributed by atoms with E-state index in [-0.39, 0.29) is 11.9 Å². The monoisotopic (exact) mass is 323 g/mol. The molecule has 112 valence electrons. The maximum Gasteiger partial charge on any atom is 0.170 e. The third-order valence-electron chi connectivity index (χ3n) is 3.24. The highest BCUT2D eigenvalue weighted by Gasteiger charge is 2.09. The topological polar surface area (TPSA) is 70.6 Å². The van der Waals surface area contributed by atoms with Gasteiger partial charge in [-0.25, -0.2) is 0 Å². The summed E-state index contributed by atoms with van der Waals surface area (Å²) in [5.74, 6) is 0.0545. The first kappa shape index (κ1) is 15.8. The second-order valence-electron chi connectivity index (χ2n) is 4.84. The minimum Gasteiger partial charge on any atom is -0.409 e. The van der Waals surface area contributed by atoms with Crippen molar-refractivity contribution >= 4 is 28.8 Å². The maximum absolute atomic E-state index is 8.66. The SMILES string of the molecule is Cc1ccc(C(C)NCc2ccc(/C(N)=N/O)cc2Cl)s1. The highest BCUT2D eigenvalue weighted by molar-refractivity contribution is 7.12. The smallest absolute Gasteiger partial charge is 0.170 e. The van der Waals surface area contributed by atoms with Gasteiger partial charge in [-0.3, -0.25) is 0 Å². The summed E-state index contributed by atoms with van der Waals surface area (Å²) in [7, 11) is 0. The minimum atomic E-state index is 0.0545. The molecule has 1 aromatic carbocycles. The van der Waals surface area contributed by atoms with E-state index < -0.39 is 0 Å². The van der Waals surface area contributed by atoms with Crippen molar-refractivity contribution < 1.29 is 5.21 Å². The molecule has 0 aliphatic heterocycles. The summed E-state index contributed by atoms with van der Waals surface area (Å²) in [6.45, 7) is 4.89. The number of hydrogen-bond donors (Lipinski definition) is 3. The van der Waals surface area contributed by atoms with Crippen molar-refractivity contribution in [3.05, 3.63) is 56.2 Å². The molecule has 2 aromatic rings. The van der Waals surface area contributed by atoms with Crippen LogP contribution in [0.4, 0.5) is 0 Å². The van der Waals surface area contributed by atoms with Crippen LogP contribution >= 0.6 is 22.9 Å². The van der Waals surface area contributed by atoms with E-state index >= 15 is 0 Å². The molecule has 0 fully saturated rings. The predicted octanol–water partition coefficient (Wildman–Crippen LogP) is 3.66. The van der Waals surface area contributed by atoms with Crippen LogP contribution in [0.1, 0.15) is 33.8 Å². The molecule has 0 bridgehead atoms. The molecule has 0 amide bonds. The Kier molecular flexibility index (Phi) is 5.22. The summed E-state index contributed by atoms with van der Waals surface area (Å²) >= 11 is 8.02. The lowest BCUT2D eigenvalue weighted by Gasteiger charge is -2.13. The lowest BCUT2D eigenvalue weighted by molar-refractivity contribution is 0.318. The predicted molar refractivity (Wildman–Crippen MR) is 88.3 cm³/mol. The average Bonchev–Trinajstić information content (AvgIpc) is 2.91. The molecule has 0 aliphatic carbocycles. The highest BCUT2D eigenvalue weighted by atomic mass is 35.5. The van der Waals surface area contributed by atoms with Gasteiger partial charge in [-0.2, -0.15) is 0 Å². The number of nitrogens with zero attached hydrogens (tertiary/aromatic N) is 1. The van der Waals surface area contributed by atoms with Crippen molar-refractivity contribution in [3.63, 3.8) is 0 Å². The van der Waals surface area contributed by atoms with Crippen molar-refractivity contribution in [2.75, 3.05) is 0 Å². The molecule has 0 spiro atoms. The Morgan fingerprint density at radius 3 is 2.76 bits per heavy atom. The summed E-state index contributed by atoms with van der Waals surface area (Å²) in [5, 5.41) is 15.7. The van der Waals surface area contributed by atoms with E-state index in [0.29, 0.717) is 17.1 Å². The van der Waals surface area contributed by atoms with Gasteiger partial charge in [0.1, 0.15) is 0 Å². The fourth-order valence-electron chi connectivity index (χ4n) is 1.96. The fraction of sp³-hybridized carbons (Fsp3) is 0.267. The Morgan fingerprint density at radius 2 is 2.19 bits per heavy atom. The Labute approximate surface area is 133 Å². The van der Waals surface area contributed by atoms with Gasteiger partial charge in [-0.1, -0.05) is 28.9 Å². The van der Waals surface area contributed by atoms with Gasteiger partial charge in [0.15, 0.2) is 5.84 Å². The third-order valence-corrected chi connectivity index (χ3v) is 4.78. The maximum atomic E-state index is 8.66. The summed E-state index contributed by atoms with van der Waals surface area (Å²) in [6.07, 6.45) is 0. The van der Waals surface area contributed by atoms with Crippen LogP contribution in [0.25, 0.3) is 0 Å². The van der Waals surface area contributed by atoms with Crippen LogP contribution in [0.15, 0.2) is 35.5 Å². The average molecular weight is 324 g/mol. The molecule has 2 rings (SSSR count). The molecular weight excluding hydrogens is 306 g/mol. The first-order valence-electron chi connectivity index (χ1n) is 6.57. The molecule has 0 saturated carbocycles. The van der Waals surface area contributed by atoms with Crippen LogP contribution < -0.4 is 11.1 Å². The number of nitrogens with one attached hydrogen (secondary N) is 1. The molecular formula is C15H18ClN3OS. The highest BCUT2D eigenvalue weighted by Crippen LogP contribution is 2.24. The number of oxime groups is 1. The zero-order chi connectivity index (χ0) is 15.4.